The predicted octanol–water partition coefficient (Wildman–Crippen LogP) is -0.547. The third kappa shape index (κ3) is 4.31. The molecule has 0 aromatic carbocycles. The first-order valence-corrected chi connectivity index (χ1v) is 9.84. The van der Waals surface area contributed by atoms with E-state index in [1.54, 1.807) is 23.0 Å². The minimum Gasteiger partial charge on any atom is -0.377 e. The molecule has 0 saturated carbocycles. The Morgan fingerprint density at radius 3 is 2.81 bits per heavy atom. The lowest BCUT2D eigenvalue weighted by molar-refractivity contribution is -0.0915. The number of nitrogens with zero attached hydrogens (tertiary/aromatic N) is 6. The fraction of sp³-hybridized carbons (Fsp3) is 0.833. The van der Waals surface area contributed by atoms with Crippen LogP contribution in [0.5, 0.6) is 0 Å². The maximum absolute atomic E-state index is 12.8. The van der Waals surface area contributed by atoms with Crippen LogP contribution in [0.25, 0.3) is 0 Å². The van der Waals surface area contributed by atoms with Gasteiger partial charge in [-0.2, -0.15) is 0 Å². The summed E-state index contributed by atoms with van der Waals surface area (Å²) in [5.41, 5.74) is -0.405. The Labute approximate surface area is 160 Å². The molecule has 3 aliphatic heterocycles. The Morgan fingerprint density at radius 1 is 1.26 bits per heavy atom. The average Bonchev–Trinajstić information content (AvgIpc) is 3.19. The molecule has 9 nitrogen and oxygen atoms in total. The van der Waals surface area contributed by atoms with Crippen LogP contribution in [0.4, 0.5) is 0 Å². The van der Waals surface area contributed by atoms with Crippen LogP contribution in [0.3, 0.4) is 0 Å². The third-order valence-corrected chi connectivity index (χ3v) is 5.82. The summed E-state index contributed by atoms with van der Waals surface area (Å²) in [5, 5.41) is 4.15. The second kappa shape index (κ2) is 7.83. The predicted molar refractivity (Wildman–Crippen MR) is 98.5 cm³/mol. The van der Waals surface area contributed by atoms with E-state index in [1.807, 2.05) is 0 Å². The zero-order chi connectivity index (χ0) is 18.9. The lowest BCUT2D eigenvalue weighted by atomic mass is 10.00. The van der Waals surface area contributed by atoms with Crippen molar-refractivity contribution in [2.24, 2.45) is 7.05 Å². The molecule has 0 bridgehead atoms. The number of likely N-dealkylation sites (N-methyl/N-ethyl adjacent to an activating group) is 1. The summed E-state index contributed by atoms with van der Waals surface area (Å²) in [6, 6.07) is 0. The zero-order valence-corrected chi connectivity index (χ0v) is 16.3. The van der Waals surface area contributed by atoms with Crippen molar-refractivity contribution in [1.82, 2.24) is 29.5 Å². The summed E-state index contributed by atoms with van der Waals surface area (Å²) in [4.78, 5) is 23.5. The standard InChI is InChI=1S/C18H30N6O3/c1-21-5-7-23(8-6-21)11-15-3-4-18(27-15)12-24(9-10-26-13-18)17(25)16-19-14-22(2)20-16/h14-15H,3-13H2,1-2H3. The highest BCUT2D eigenvalue weighted by molar-refractivity contribution is 5.90. The molecule has 150 valence electrons. The van der Waals surface area contributed by atoms with Crippen molar-refractivity contribution in [3.8, 4) is 0 Å². The molecule has 3 saturated heterocycles. The van der Waals surface area contributed by atoms with Crippen molar-refractivity contribution in [3.63, 3.8) is 0 Å². The molecule has 1 amide bonds. The Hall–Kier alpha value is -1.55. The molecule has 1 aromatic heterocycles. The number of amides is 1. The van der Waals surface area contributed by atoms with E-state index in [2.05, 4.69) is 26.9 Å². The van der Waals surface area contributed by atoms with E-state index in [1.165, 1.54) is 0 Å². The first kappa shape index (κ1) is 18.8. The summed E-state index contributed by atoms with van der Waals surface area (Å²) in [5.74, 6) is 0.0909. The molecule has 1 spiro atoms. The first-order valence-electron chi connectivity index (χ1n) is 9.84. The molecule has 0 N–H and O–H groups in total. The Balaban J connectivity index is 1.38. The van der Waals surface area contributed by atoms with Crippen molar-refractivity contribution >= 4 is 5.91 Å². The second-order valence-electron chi connectivity index (χ2n) is 8.09. The summed E-state index contributed by atoms with van der Waals surface area (Å²) < 4.78 is 13.9. The van der Waals surface area contributed by atoms with Crippen molar-refractivity contribution in [1.29, 1.82) is 0 Å². The van der Waals surface area contributed by atoms with Gasteiger partial charge in [-0.15, -0.1) is 5.10 Å². The highest BCUT2D eigenvalue weighted by Gasteiger charge is 2.44. The van der Waals surface area contributed by atoms with Crippen LogP contribution in [-0.2, 0) is 16.5 Å². The lowest BCUT2D eigenvalue weighted by Crippen LogP contribution is -2.49. The molecule has 2 atom stereocenters. The van der Waals surface area contributed by atoms with Gasteiger partial charge in [-0.1, -0.05) is 0 Å². The molecule has 1 aromatic rings. The van der Waals surface area contributed by atoms with Gasteiger partial charge < -0.3 is 19.3 Å². The maximum atomic E-state index is 12.8. The van der Waals surface area contributed by atoms with Gasteiger partial charge in [-0.05, 0) is 19.9 Å². The third-order valence-electron chi connectivity index (χ3n) is 5.82. The van der Waals surface area contributed by atoms with E-state index in [0.717, 1.165) is 45.6 Å². The van der Waals surface area contributed by atoms with E-state index in [0.29, 0.717) is 26.3 Å². The summed E-state index contributed by atoms with van der Waals surface area (Å²) in [7, 11) is 3.93. The van der Waals surface area contributed by atoms with E-state index >= 15 is 0 Å². The average molecular weight is 378 g/mol. The normalized spacial score (nSPS) is 30.7. The molecular weight excluding hydrogens is 348 g/mol. The Kier molecular flexibility index (Phi) is 5.45. The molecule has 2 unspecified atom stereocenters. The van der Waals surface area contributed by atoms with Gasteiger partial charge >= 0.3 is 0 Å². The molecule has 9 heteroatoms. The SMILES string of the molecule is CN1CCN(CC2CCC3(COCCN(C(=O)c4ncn(C)n4)C3)O2)CC1. The van der Waals surface area contributed by atoms with Crippen LogP contribution in [0, 0.1) is 0 Å². The number of piperazine rings is 1. The number of carbonyl (C=O) groups excluding carboxylic acids is 1. The van der Waals surface area contributed by atoms with E-state index in [4.69, 9.17) is 9.47 Å². The van der Waals surface area contributed by atoms with Gasteiger partial charge in [-0.3, -0.25) is 14.4 Å². The lowest BCUT2D eigenvalue weighted by Gasteiger charge is -2.35. The molecule has 4 heterocycles. The molecule has 3 fully saturated rings. The van der Waals surface area contributed by atoms with Crippen LogP contribution in [-0.4, -0.2) is 113 Å². The van der Waals surface area contributed by atoms with Crippen LogP contribution in [0.15, 0.2) is 6.33 Å². The summed E-state index contributed by atoms with van der Waals surface area (Å²) in [6.07, 6.45) is 3.69. The summed E-state index contributed by atoms with van der Waals surface area (Å²) >= 11 is 0. The number of carbonyl (C=O) groups is 1. The van der Waals surface area contributed by atoms with Crippen molar-refractivity contribution < 1.29 is 14.3 Å². The molecule has 0 aliphatic carbocycles. The van der Waals surface area contributed by atoms with Crippen molar-refractivity contribution in [3.05, 3.63) is 12.2 Å². The van der Waals surface area contributed by atoms with Crippen LogP contribution < -0.4 is 0 Å². The monoisotopic (exact) mass is 378 g/mol. The maximum Gasteiger partial charge on any atom is 0.293 e. The van der Waals surface area contributed by atoms with E-state index in [9.17, 15) is 4.79 Å². The van der Waals surface area contributed by atoms with E-state index in [-0.39, 0.29) is 17.8 Å². The Morgan fingerprint density at radius 2 is 2.07 bits per heavy atom. The first-order chi connectivity index (χ1) is 13.0. The highest BCUT2D eigenvalue weighted by Crippen LogP contribution is 2.33. The number of hydrogen-bond acceptors (Lipinski definition) is 7. The minimum absolute atomic E-state index is 0.147. The fourth-order valence-corrected chi connectivity index (χ4v) is 4.22. The number of ether oxygens (including phenoxy) is 2. The number of rotatable bonds is 3. The largest absolute Gasteiger partial charge is 0.377 e. The zero-order valence-electron chi connectivity index (χ0n) is 16.3. The number of hydrogen-bond donors (Lipinski definition) is 0. The van der Waals surface area contributed by atoms with Crippen LogP contribution in [0.2, 0.25) is 0 Å². The van der Waals surface area contributed by atoms with Gasteiger partial charge in [-0.25, -0.2) is 4.98 Å². The van der Waals surface area contributed by atoms with Crippen molar-refractivity contribution in [2.75, 3.05) is 66.1 Å². The minimum atomic E-state index is -0.405. The summed E-state index contributed by atoms with van der Waals surface area (Å²) in [6.45, 7) is 7.53. The smallest absolute Gasteiger partial charge is 0.293 e. The number of aryl methyl sites for hydroxylation is 1. The topological polar surface area (TPSA) is 76.0 Å². The second-order valence-corrected chi connectivity index (χ2v) is 8.09. The molecular formula is C18H30N6O3. The van der Waals surface area contributed by atoms with Crippen molar-refractivity contribution in [2.45, 2.75) is 24.5 Å². The molecule has 3 aliphatic rings. The van der Waals surface area contributed by atoms with Gasteiger partial charge in [0.05, 0.1) is 25.9 Å². The highest BCUT2D eigenvalue weighted by atomic mass is 16.6. The van der Waals surface area contributed by atoms with Gasteiger partial charge in [0.25, 0.3) is 5.91 Å². The number of aromatic nitrogens is 3. The molecule has 27 heavy (non-hydrogen) atoms. The van der Waals surface area contributed by atoms with E-state index < -0.39 is 5.60 Å². The quantitative estimate of drug-likeness (QED) is 0.699. The fourth-order valence-electron chi connectivity index (χ4n) is 4.22. The molecule has 0 radical (unpaired) electrons. The molecule has 4 rings (SSSR count). The van der Waals surface area contributed by atoms with Gasteiger partial charge in [0.15, 0.2) is 0 Å². The van der Waals surface area contributed by atoms with Crippen LogP contribution >= 0.6 is 0 Å². The van der Waals surface area contributed by atoms with Gasteiger partial charge in [0.1, 0.15) is 11.9 Å². The van der Waals surface area contributed by atoms with Crippen LogP contribution in [0.1, 0.15) is 23.5 Å². The van der Waals surface area contributed by atoms with Gasteiger partial charge in [0.2, 0.25) is 5.82 Å². The van der Waals surface area contributed by atoms with Gasteiger partial charge in [0, 0.05) is 46.3 Å². The Bertz CT molecular complexity index is 659.